The Morgan fingerprint density at radius 3 is 2.59 bits per heavy atom. The molecule has 2 heterocycles. The molecule has 7 nitrogen and oxygen atoms in total. The minimum absolute atomic E-state index is 0.0248. The Balaban J connectivity index is 1.35. The molecule has 1 N–H and O–H groups in total. The number of benzene rings is 1. The zero-order chi connectivity index (χ0) is 18.8. The van der Waals surface area contributed by atoms with Crippen LogP contribution in [0.4, 0.5) is 0 Å². The monoisotopic (exact) mass is 370 g/mol. The summed E-state index contributed by atoms with van der Waals surface area (Å²) in [6, 6.07) is 7.77. The van der Waals surface area contributed by atoms with Crippen molar-refractivity contribution < 1.29 is 14.3 Å². The summed E-state index contributed by atoms with van der Waals surface area (Å²) in [6.45, 7) is 3.84. The highest BCUT2D eigenvalue weighted by Gasteiger charge is 2.29. The van der Waals surface area contributed by atoms with Gasteiger partial charge in [-0.2, -0.15) is 5.10 Å². The van der Waals surface area contributed by atoms with E-state index >= 15 is 0 Å². The summed E-state index contributed by atoms with van der Waals surface area (Å²) in [4.78, 5) is 16.9. The van der Waals surface area contributed by atoms with Crippen LogP contribution in [0.3, 0.4) is 0 Å². The number of carbonyl (C=O) groups is 1. The van der Waals surface area contributed by atoms with Crippen LogP contribution in [0.1, 0.15) is 40.5 Å². The average Bonchev–Trinajstić information content (AvgIpc) is 3.44. The SMILES string of the molecule is COc1ccc(OC)c(CN2CCN(C(=O)c3cc(C4CC4)[nH]n3)CC2)c1. The first kappa shape index (κ1) is 17.9. The van der Waals surface area contributed by atoms with Gasteiger partial charge in [-0.05, 0) is 37.1 Å². The fourth-order valence-corrected chi connectivity index (χ4v) is 3.57. The lowest BCUT2D eigenvalue weighted by Crippen LogP contribution is -2.48. The number of hydrogen-bond acceptors (Lipinski definition) is 5. The molecule has 0 unspecified atom stereocenters. The number of nitrogens with zero attached hydrogens (tertiary/aromatic N) is 3. The van der Waals surface area contributed by atoms with Crippen LogP contribution in [0.25, 0.3) is 0 Å². The number of amides is 1. The first-order valence-electron chi connectivity index (χ1n) is 9.45. The molecule has 1 aromatic heterocycles. The largest absolute Gasteiger partial charge is 0.497 e. The summed E-state index contributed by atoms with van der Waals surface area (Å²) >= 11 is 0. The zero-order valence-corrected chi connectivity index (χ0v) is 15.9. The molecule has 2 aromatic rings. The highest BCUT2D eigenvalue weighted by molar-refractivity contribution is 5.92. The Morgan fingerprint density at radius 2 is 1.93 bits per heavy atom. The van der Waals surface area contributed by atoms with Crippen LogP contribution in [0, 0.1) is 0 Å². The van der Waals surface area contributed by atoms with Crippen LogP contribution in [0.2, 0.25) is 0 Å². The number of hydrogen-bond donors (Lipinski definition) is 1. The predicted octanol–water partition coefficient (Wildman–Crippen LogP) is 2.26. The minimum atomic E-state index is 0.0248. The van der Waals surface area contributed by atoms with E-state index in [0.717, 1.165) is 42.4 Å². The summed E-state index contributed by atoms with van der Waals surface area (Å²) in [5.74, 6) is 2.29. The molecule has 144 valence electrons. The first-order chi connectivity index (χ1) is 13.2. The van der Waals surface area contributed by atoms with Gasteiger partial charge in [-0.3, -0.25) is 14.8 Å². The van der Waals surface area contributed by atoms with Gasteiger partial charge in [0.15, 0.2) is 0 Å². The second-order valence-electron chi connectivity index (χ2n) is 7.23. The fraction of sp³-hybridized carbons (Fsp3) is 0.500. The van der Waals surface area contributed by atoms with E-state index in [9.17, 15) is 4.79 Å². The van der Waals surface area contributed by atoms with Gasteiger partial charge in [0.1, 0.15) is 17.2 Å². The molecule has 27 heavy (non-hydrogen) atoms. The molecule has 0 radical (unpaired) electrons. The van der Waals surface area contributed by atoms with E-state index in [1.165, 1.54) is 12.8 Å². The highest BCUT2D eigenvalue weighted by Crippen LogP contribution is 2.39. The summed E-state index contributed by atoms with van der Waals surface area (Å²) in [5, 5.41) is 7.24. The molecule has 0 atom stereocenters. The van der Waals surface area contributed by atoms with Crippen molar-refractivity contribution in [1.29, 1.82) is 0 Å². The van der Waals surface area contributed by atoms with Gasteiger partial charge in [-0.15, -0.1) is 0 Å². The molecular formula is C20H26N4O3. The van der Waals surface area contributed by atoms with Gasteiger partial charge in [0.2, 0.25) is 0 Å². The number of aromatic nitrogens is 2. The summed E-state index contributed by atoms with van der Waals surface area (Å²) < 4.78 is 10.8. The van der Waals surface area contributed by atoms with Crippen LogP contribution >= 0.6 is 0 Å². The van der Waals surface area contributed by atoms with Crippen LogP contribution in [0.5, 0.6) is 11.5 Å². The van der Waals surface area contributed by atoms with E-state index in [4.69, 9.17) is 9.47 Å². The van der Waals surface area contributed by atoms with Gasteiger partial charge in [-0.1, -0.05) is 0 Å². The van der Waals surface area contributed by atoms with Crippen LogP contribution in [0.15, 0.2) is 24.3 Å². The molecular weight excluding hydrogens is 344 g/mol. The molecule has 1 aromatic carbocycles. The van der Waals surface area contributed by atoms with Crippen LogP contribution in [-0.4, -0.2) is 66.3 Å². The summed E-state index contributed by atoms with van der Waals surface area (Å²) in [5.41, 5.74) is 2.74. The normalized spacial score (nSPS) is 17.8. The predicted molar refractivity (Wildman–Crippen MR) is 101 cm³/mol. The first-order valence-corrected chi connectivity index (χ1v) is 9.45. The van der Waals surface area contributed by atoms with Crippen molar-refractivity contribution >= 4 is 5.91 Å². The maximum absolute atomic E-state index is 12.7. The van der Waals surface area contributed by atoms with Gasteiger partial charge in [0.05, 0.1) is 14.2 Å². The second-order valence-corrected chi connectivity index (χ2v) is 7.23. The number of carbonyl (C=O) groups excluding carboxylic acids is 1. The van der Waals surface area contributed by atoms with E-state index < -0.39 is 0 Å². The molecule has 1 amide bonds. The van der Waals surface area contributed by atoms with Crippen molar-refractivity contribution in [1.82, 2.24) is 20.0 Å². The van der Waals surface area contributed by atoms with Crippen molar-refractivity contribution in [2.75, 3.05) is 40.4 Å². The van der Waals surface area contributed by atoms with Crippen molar-refractivity contribution in [3.63, 3.8) is 0 Å². The lowest BCUT2D eigenvalue weighted by Gasteiger charge is -2.34. The zero-order valence-electron chi connectivity index (χ0n) is 15.9. The Labute approximate surface area is 159 Å². The van der Waals surface area contributed by atoms with Gasteiger partial charge in [0.25, 0.3) is 5.91 Å². The quantitative estimate of drug-likeness (QED) is 0.845. The molecule has 7 heteroatoms. The number of rotatable bonds is 6. The third kappa shape index (κ3) is 3.93. The molecule has 4 rings (SSSR count). The average molecular weight is 370 g/mol. The highest BCUT2D eigenvalue weighted by atomic mass is 16.5. The maximum atomic E-state index is 12.7. The van der Waals surface area contributed by atoms with Crippen molar-refractivity contribution in [2.24, 2.45) is 0 Å². The molecule has 1 saturated carbocycles. The van der Waals surface area contributed by atoms with Crippen molar-refractivity contribution in [3.05, 3.63) is 41.2 Å². The van der Waals surface area contributed by atoms with Gasteiger partial charge in [-0.25, -0.2) is 0 Å². The molecule has 1 aliphatic carbocycles. The standard InChI is InChI=1S/C20H26N4O3/c1-26-16-5-6-19(27-2)15(11-16)13-23-7-9-24(10-8-23)20(25)18-12-17(21-22-18)14-3-4-14/h5-6,11-12,14H,3-4,7-10,13H2,1-2H3,(H,21,22). The second kappa shape index (κ2) is 7.60. The number of piperazine rings is 1. The topological polar surface area (TPSA) is 70.7 Å². The Kier molecular flexibility index (Phi) is 5.03. The van der Waals surface area contributed by atoms with Gasteiger partial charge < -0.3 is 14.4 Å². The summed E-state index contributed by atoms with van der Waals surface area (Å²) in [6.07, 6.45) is 2.39. The maximum Gasteiger partial charge on any atom is 0.274 e. The lowest BCUT2D eigenvalue weighted by atomic mass is 10.1. The fourth-order valence-electron chi connectivity index (χ4n) is 3.57. The Bertz CT molecular complexity index is 807. The van der Waals surface area contributed by atoms with Crippen LogP contribution in [-0.2, 0) is 6.54 Å². The number of nitrogens with one attached hydrogen (secondary N) is 1. The molecule has 1 saturated heterocycles. The number of methoxy groups -OCH3 is 2. The van der Waals surface area contributed by atoms with E-state index in [0.29, 0.717) is 24.7 Å². The van der Waals surface area contributed by atoms with E-state index in [1.807, 2.05) is 29.2 Å². The van der Waals surface area contributed by atoms with Crippen molar-refractivity contribution in [3.8, 4) is 11.5 Å². The smallest absolute Gasteiger partial charge is 0.274 e. The third-order valence-corrected chi connectivity index (χ3v) is 5.37. The van der Waals surface area contributed by atoms with Crippen molar-refractivity contribution in [2.45, 2.75) is 25.3 Å². The number of aromatic amines is 1. The van der Waals surface area contributed by atoms with Crippen LogP contribution < -0.4 is 9.47 Å². The molecule has 0 bridgehead atoms. The van der Waals surface area contributed by atoms with E-state index in [1.54, 1.807) is 14.2 Å². The third-order valence-electron chi connectivity index (χ3n) is 5.37. The molecule has 1 aliphatic heterocycles. The number of H-pyrrole nitrogens is 1. The van der Waals surface area contributed by atoms with E-state index in [-0.39, 0.29) is 5.91 Å². The van der Waals surface area contributed by atoms with E-state index in [2.05, 4.69) is 15.1 Å². The Morgan fingerprint density at radius 1 is 1.15 bits per heavy atom. The molecule has 2 fully saturated rings. The van der Waals surface area contributed by atoms with Gasteiger partial charge >= 0.3 is 0 Å². The van der Waals surface area contributed by atoms with Gasteiger partial charge in [0, 0.05) is 49.9 Å². The Hall–Kier alpha value is -2.54. The molecule has 2 aliphatic rings. The summed E-state index contributed by atoms with van der Waals surface area (Å²) in [7, 11) is 3.35. The lowest BCUT2D eigenvalue weighted by molar-refractivity contribution is 0.0621. The minimum Gasteiger partial charge on any atom is -0.497 e. The number of ether oxygens (including phenoxy) is 2. The molecule has 0 spiro atoms.